The van der Waals surface area contributed by atoms with Crippen molar-refractivity contribution < 1.29 is 19.2 Å². The number of hydrogen-bond donors (Lipinski definition) is 2. The summed E-state index contributed by atoms with van der Waals surface area (Å²) < 4.78 is 11.4. The number of rotatable bonds is 8. The smallest absolute Gasteiger partial charge is 0.234 e. The van der Waals surface area contributed by atoms with Crippen molar-refractivity contribution in [2.75, 3.05) is 31.7 Å². The average Bonchev–Trinajstić information content (AvgIpc) is 2.25. The Kier molecular flexibility index (Phi) is 8.42. The molecule has 0 saturated heterocycles. The summed E-state index contributed by atoms with van der Waals surface area (Å²) in [5.41, 5.74) is 0. The predicted octanol–water partition coefficient (Wildman–Crippen LogP) is -0.653. The van der Waals surface area contributed by atoms with E-state index in [1.54, 1.807) is 11.9 Å². The Morgan fingerprint density at radius 2 is 2.12 bits per heavy atom. The highest BCUT2D eigenvalue weighted by molar-refractivity contribution is 7.85. The molecule has 0 heterocycles. The lowest BCUT2D eigenvalue weighted by molar-refractivity contribution is -0.127. The fourth-order valence-electron chi connectivity index (χ4n) is 1.09. The third kappa shape index (κ3) is 6.92. The monoisotopic (exact) mass is 251 g/mol. The Morgan fingerprint density at radius 1 is 1.50 bits per heavy atom. The first-order chi connectivity index (χ1) is 7.51. The van der Waals surface area contributed by atoms with Crippen LogP contribution in [0.4, 0.5) is 0 Å². The molecule has 0 aliphatic rings. The summed E-state index contributed by atoms with van der Waals surface area (Å²) in [6.45, 7) is 2.27. The average molecular weight is 251 g/mol. The van der Waals surface area contributed by atoms with Crippen LogP contribution in [-0.2, 0) is 15.6 Å². The third-order valence-electron chi connectivity index (χ3n) is 2.15. The van der Waals surface area contributed by atoms with E-state index in [1.165, 1.54) is 0 Å². The first kappa shape index (κ1) is 15.5. The van der Waals surface area contributed by atoms with Crippen LogP contribution in [0.1, 0.15) is 19.8 Å². The van der Waals surface area contributed by atoms with Gasteiger partial charge in [0.1, 0.15) is 5.75 Å². The van der Waals surface area contributed by atoms with Gasteiger partial charge >= 0.3 is 0 Å². The highest BCUT2D eigenvalue weighted by Crippen LogP contribution is 1.96. The van der Waals surface area contributed by atoms with E-state index in [9.17, 15) is 9.00 Å². The van der Waals surface area contributed by atoms with Gasteiger partial charge < -0.3 is 15.1 Å². The second-order valence-corrected chi connectivity index (χ2v) is 5.26. The van der Waals surface area contributed by atoms with Crippen LogP contribution in [0.3, 0.4) is 0 Å². The molecule has 5 nitrogen and oxygen atoms in total. The second kappa shape index (κ2) is 8.66. The molecule has 6 heteroatoms. The Hall–Kier alpha value is -0.460. The van der Waals surface area contributed by atoms with Gasteiger partial charge in [0, 0.05) is 24.4 Å². The van der Waals surface area contributed by atoms with Crippen LogP contribution in [0.5, 0.6) is 0 Å². The number of amides is 1. The molecule has 96 valence electrons. The summed E-state index contributed by atoms with van der Waals surface area (Å²) in [6, 6.07) is 0. The molecule has 0 saturated carbocycles. The van der Waals surface area contributed by atoms with Crippen LogP contribution >= 0.6 is 0 Å². The number of unbranched alkanes of at least 4 members (excludes halogenated alkanes) is 1. The number of aliphatic hydroxyl groups is 2. The quantitative estimate of drug-likeness (QED) is 0.601. The van der Waals surface area contributed by atoms with Gasteiger partial charge in [-0.3, -0.25) is 9.00 Å². The van der Waals surface area contributed by atoms with Gasteiger partial charge in [-0.15, -0.1) is 0 Å². The van der Waals surface area contributed by atoms with Crippen molar-refractivity contribution in [1.29, 1.82) is 0 Å². The molecule has 0 aromatic carbocycles. The lowest BCUT2D eigenvalue weighted by Gasteiger charge is -2.16. The molecule has 0 aliphatic heterocycles. The molecule has 0 aromatic heterocycles. The first-order valence-corrected chi connectivity index (χ1v) is 6.87. The zero-order valence-electron chi connectivity index (χ0n) is 9.89. The van der Waals surface area contributed by atoms with E-state index in [0.717, 1.165) is 12.8 Å². The van der Waals surface area contributed by atoms with Crippen LogP contribution in [-0.4, -0.2) is 63.0 Å². The van der Waals surface area contributed by atoms with Crippen LogP contribution in [0, 0.1) is 0 Å². The molecule has 2 atom stereocenters. The summed E-state index contributed by atoms with van der Waals surface area (Å²) in [7, 11) is 0.271. The van der Waals surface area contributed by atoms with Gasteiger partial charge in [-0.2, -0.15) is 0 Å². The van der Waals surface area contributed by atoms with E-state index in [4.69, 9.17) is 10.2 Å². The van der Waals surface area contributed by atoms with Crippen LogP contribution in [0.2, 0.25) is 0 Å². The Labute approximate surface area is 98.9 Å². The Morgan fingerprint density at radius 3 is 2.62 bits per heavy atom. The fourth-order valence-corrected chi connectivity index (χ4v) is 2.24. The zero-order chi connectivity index (χ0) is 12.6. The topological polar surface area (TPSA) is 77.8 Å². The fraction of sp³-hybridized carbons (Fsp3) is 0.900. The molecule has 1 amide bonds. The highest BCUT2D eigenvalue weighted by Gasteiger charge is 2.15. The van der Waals surface area contributed by atoms with Gasteiger partial charge in [-0.1, -0.05) is 13.3 Å². The highest BCUT2D eigenvalue weighted by atomic mass is 32.2. The van der Waals surface area contributed by atoms with Crippen molar-refractivity contribution in [1.82, 2.24) is 4.90 Å². The molecule has 0 aliphatic carbocycles. The van der Waals surface area contributed by atoms with Crippen molar-refractivity contribution in [2.24, 2.45) is 0 Å². The molecule has 16 heavy (non-hydrogen) atoms. The molecule has 0 aromatic rings. The van der Waals surface area contributed by atoms with Gasteiger partial charge in [-0.25, -0.2) is 0 Å². The molecule has 0 spiro atoms. The van der Waals surface area contributed by atoms with E-state index in [0.29, 0.717) is 6.54 Å². The minimum absolute atomic E-state index is 0.0517. The molecular formula is C10H21NO4S. The molecule has 0 fully saturated rings. The predicted molar refractivity (Wildman–Crippen MR) is 63.5 cm³/mol. The number of nitrogens with zero attached hydrogens (tertiary/aromatic N) is 1. The molecule has 0 radical (unpaired) electrons. The van der Waals surface area contributed by atoms with E-state index in [2.05, 4.69) is 0 Å². The van der Waals surface area contributed by atoms with Gasteiger partial charge in [0.2, 0.25) is 5.91 Å². The summed E-state index contributed by atoms with van der Waals surface area (Å²) in [5, 5.41) is 17.6. The normalized spacial score (nSPS) is 14.5. The number of hydrogen-bond acceptors (Lipinski definition) is 4. The third-order valence-corrected chi connectivity index (χ3v) is 3.47. The van der Waals surface area contributed by atoms with Gasteiger partial charge in [0.15, 0.2) is 0 Å². The molecule has 0 rings (SSSR count). The van der Waals surface area contributed by atoms with Crippen LogP contribution in [0.15, 0.2) is 0 Å². The molecular weight excluding hydrogens is 230 g/mol. The van der Waals surface area contributed by atoms with Crippen molar-refractivity contribution in [2.45, 2.75) is 25.9 Å². The largest absolute Gasteiger partial charge is 0.394 e. The first-order valence-electron chi connectivity index (χ1n) is 5.39. The van der Waals surface area contributed by atoms with Crippen LogP contribution in [0.25, 0.3) is 0 Å². The summed E-state index contributed by atoms with van der Waals surface area (Å²) in [5.74, 6) is -0.321. The molecule has 2 unspecified atom stereocenters. The summed E-state index contributed by atoms with van der Waals surface area (Å²) in [6.07, 6.45) is 0.924. The van der Waals surface area contributed by atoms with Gasteiger partial charge in [-0.05, 0) is 6.42 Å². The van der Waals surface area contributed by atoms with Crippen LogP contribution < -0.4 is 0 Å². The van der Waals surface area contributed by atoms with E-state index in [-0.39, 0.29) is 17.4 Å². The van der Waals surface area contributed by atoms with Crippen molar-refractivity contribution >= 4 is 16.7 Å². The molecule has 2 N–H and O–H groups in total. The number of carbonyl (C=O) groups is 1. The van der Waals surface area contributed by atoms with Gasteiger partial charge in [0.25, 0.3) is 0 Å². The van der Waals surface area contributed by atoms with Gasteiger partial charge in [0.05, 0.1) is 18.5 Å². The van der Waals surface area contributed by atoms with Crippen molar-refractivity contribution in [3.8, 4) is 0 Å². The maximum absolute atomic E-state index is 11.5. The minimum atomic E-state index is -1.41. The van der Waals surface area contributed by atoms with Crippen molar-refractivity contribution in [3.63, 3.8) is 0 Å². The van der Waals surface area contributed by atoms with E-state index in [1.807, 2.05) is 6.92 Å². The maximum Gasteiger partial charge on any atom is 0.234 e. The minimum Gasteiger partial charge on any atom is -0.394 e. The molecule has 0 bridgehead atoms. The van der Waals surface area contributed by atoms with Crippen molar-refractivity contribution in [3.05, 3.63) is 0 Å². The SMILES string of the molecule is CCCCN(C)C(=O)CS(=O)CC(O)CO. The zero-order valence-corrected chi connectivity index (χ0v) is 10.7. The number of carbonyl (C=O) groups excluding carboxylic acids is 1. The second-order valence-electron chi connectivity index (χ2n) is 3.76. The van der Waals surface area contributed by atoms with E-state index >= 15 is 0 Å². The van der Waals surface area contributed by atoms with E-state index < -0.39 is 23.5 Å². The Balaban J connectivity index is 3.89. The lowest BCUT2D eigenvalue weighted by Crippen LogP contribution is -2.33. The Bertz CT molecular complexity index is 235. The summed E-state index contributed by atoms with van der Waals surface area (Å²) >= 11 is 0. The maximum atomic E-state index is 11.5. The number of aliphatic hydroxyl groups excluding tert-OH is 2. The lowest BCUT2D eigenvalue weighted by atomic mass is 10.3. The summed E-state index contributed by atoms with van der Waals surface area (Å²) in [4.78, 5) is 13.1. The standard InChI is InChI=1S/C10H21NO4S/c1-3-4-5-11(2)10(14)8-16(15)7-9(13)6-12/h9,12-13H,3-8H2,1-2H3.